The second-order valence-corrected chi connectivity index (χ2v) is 6.27. The Bertz CT molecular complexity index is 1060. The number of benzene rings is 3. The molecule has 0 saturated carbocycles. The van der Waals surface area contributed by atoms with Gasteiger partial charge in [0, 0.05) is 17.5 Å². The first-order valence-electron chi connectivity index (χ1n) is 8.03. The molecule has 0 saturated heterocycles. The predicted molar refractivity (Wildman–Crippen MR) is 100 cm³/mol. The molecule has 0 fully saturated rings. The fourth-order valence-electron chi connectivity index (χ4n) is 2.84. The summed E-state index contributed by atoms with van der Waals surface area (Å²) in [4.78, 5) is 0. The van der Waals surface area contributed by atoms with Crippen LogP contribution in [0.25, 0.3) is 22.0 Å². The molecule has 0 atom stereocenters. The Kier molecular flexibility index (Phi) is 4.31. The van der Waals surface area contributed by atoms with Gasteiger partial charge in [-0.05, 0) is 29.3 Å². The van der Waals surface area contributed by atoms with E-state index in [1.807, 2.05) is 36.4 Å². The SMILES string of the molecule is Fc1ccc(CNc2n[nH]c3c(F)c(Cl)c(-c4ccccc4)cc23)cc1. The summed E-state index contributed by atoms with van der Waals surface area (Å²) in [5.41, 5.74) is 2.56. The monoisotopic (exact) mass is 369 g/mol. The molecule has 0 amide bonds. The summed E-state index contributed by atoms with van der Waals surface area (Å²) >= 11 is 6.23. The summed E-state index contributed by atoms with van der Waals surface area (Å²) in [6.07, 6.45) is 0. The molecular formula is C20H14ClF2N3. The van der Waals surface area contributed by atoms with E-state index >= 15 is 0 Å². The van der Waals surface area contributed by atoms with Crippen molar-refractivity contribution in [3.63, 3.8) is 0 Å². The van der Waals surface area contributed by atoms with Crippen LogP contribution in [-0.2, 0) is 6.54 Å². The highest BCUT2D eigenvalue weighted by Gasteiger charge is 2.17. The highest BCUT2D eigenvalue weighted by atomic mass is 35.5. The molecule has 1 heterocycles. The first kappa shape index (κ1) is 16.5. The smallest absolute Gasteiger partial charge is 0.168 e. The lowest BCUT2D eigenvalue weighted by molar-refractivity contribution is 0.627. The van der Waals surface area contributed by atoms with Crippen molar-refractivity contribution in [1.29, 1.82) is 0 Å². The number of halogens is 3. The van der Waals surface area contributed by atoms with E-state index in [9.17, 15) is 8.78 Å². The molecule has 26 heavy (non-hydrogen) atoms. The zero-order valence-electron chi connectivity index (χ0n) is 13.6. The molecule has 0 aliphatic rings. The Hall–Kier alpha value is -2.92. The lowest BCUT2D eigenvalue weighted by Gasteiger charge is -2.08. The lowest BCUT2D eigenvalue weighted by atomic mass is 10.0. The van der Waals surface area contributed by atoms with E-state index in [1.54, 1.807) is 12.1 Å². The number of fused-ring (bicyclic) bond motifs is 1. The summed E-state index contributed by atoms with van der Waals surface area (Å²) in [7, 11) is 0. The second kappa shape index (κ2) is 6.77. The number of H-pyrrole nitrogens is 1. The normalized spacial score (nSPS) is 11.0. The fourth-order valence-corrected chi connectivity index (χ4v) is 3.10. The third-order valence-electron chi connectivity index (χ3n) is 4.20. The molecule has 2 N–H and O–H groups in total. The van der Waals surface area contributed by atoms with Crippen LogP contribution in [-0.4, -0.2) is 10.2 Å². The lowest BCUT2D eigenvalue weighted by Crippen LogP contribution is -2.00. The summed E-state index contributed by atoms with van der Waals surface area (Å²) in [6.45, 7) is 0.436. The number of anilines is 1. The Balaban J connectivity index is 1.72. The minimum absolute atomic E-state index is 0.0532. The number of hydrogen-bond donors (Lipinski definition) is 2. The molecule has 0 radical (unpaired) electrons. The summed E-state index contributed by atoms with van der Waals surface area (Å²) < 4.78 is 27.7. The molecule has 130 valence electrons. The van der Waals surface area contributed by atoms with Crippen molar-refractivity contribution in [1.82, 2.24) is 10.2 Å². The summed E-state index contributed by atoms with van der Waals surface area (Å²) in [5.74, 6) is -0.314. The van der Waals surface area contributed by atoms with Crippen molar-refractivity contribution < 1.29 is 8.78 Å². The minimum Gasteiger partial charge on any atom is -0.364 e. The molecule has 4 rings (SSSR count). The highest BCUT2D eigenvalue weighted by molar-refractivity contribution is 6.34. The highest BCUT2D eigenvalue weighted by Crippen LogP contribution is 2.36. The van der Waals surface area contributed by atoms with Gasteiger partial charge in [0.2, 0.25) is 0 Å². The van der Waals surface area contributed by atoms with Gasteiger partial charge in [-0.1, -0.05) is 54.1 Å². The van der Waals surface area contributed by atoms with Crippen molar-refractivity contribution in [2.75, 3.05) is 5.32 Å². The van der Waals surface area contributed by atoms with Crippen molar-refractivity contribution >= 4 is 28.3 Å². The topological polar surface area (TPSA) is 40.7 Å². The molecule has 3 aromatic carbocycles. The summed E-state index contributed by atoms with van der Waals surface area (Å²) in [6, 6.07) is 17.4. The van der Waals surface area contributed by atoms with Crippen molar-refractivity contribution in [3.05, 3.63) is 82.9 Å². The molecule has 0 aliphatic heterocycles. The number of nitrogens with one attached hydrogen (secondary N) is 2. The largest absolute Gasteiger partial charge is 0.364 e. The van der Waals surface area contributed by atoms with Gasteiger partial charge in [-0.2, -0.15) is 5.10 Å². The van der Waals surface area contributed by atoms with Crippen LogP contribution in [0.15, 0.2) is 60.7 Å². The molecule has 3 nitrogen and oxygen atoms in total. The van der Waals surface area contributed by atoms with Crippen LogP contribution in [0.1, 0.15) is 5.56 Å². The fraction of sp³-hybridized carbons (Fsp3) is 0.0500. The number of rotatable bonds is 4. The maximum Gasteiger partial charge on any atom is 0.168 e. The van der Waals surface area contributed by atoms with Gasteiger partial charge in [0.05, 0.1) is 5.02 Å². The molecule has 6 heteroatoms. The molecule has 1 aromatic heterocycles. The van der Waals surface area contributed by atoms with E-state index in [2.05, 4.69) is 15.5 Å². The van der Waals surface area contributed by atoms with Gasteiger partial charge in [0.25, 0.3) is 0 Å². The van der Waals surface area contributed by atoms with E-state index in [1.165, 1.54) is 12.1 Å². The third kappa shape index (κ3) is 3.02. The van der Waals surface area contributed by atoms with Crippen molar-refractivity contribution in [2.45, 2.75) is 6.54 Å². The van der Waals surface area contributed by atoms with E-state index in [0.717, 1.165) is 11.1 Å². The quantitative estimate of drug-likeness (QED) is 0.479. The number of hydrogen-bond acceptors (Lipinski definition) is 2. The molecule has 4 aromatic rings. The van der Waals surface area contributed by atoms with Crippen LogP contribution >= 0.6 is 11.6 Å². The van der Waals surface area contributed by atoms with Crippen LogP contribution in [0.2, 0.25) is 5.02 Å². The Morgan fingerprint density at radius 2 is 1.73 bits per heavy atom. The maximum atomic E-state index is 14.7. The minimum atomic E-state index is -0.537. The van der Waals surface area contributed by atoms with E-state index < -0.39 is 5.82 Å². The maximum absolute atomic E-state index is 14.7. The molecule has 0 aliphatic carbocycles. The number of aromatic nitrogens is 2. The van der Waals surface area contributed by atoms with Gasteiger partial charge in [-0.15, -0.1) is 0 Å². The molecule has 0 unspecified atom stereocenters. The van der Waals surface area contributed by atoms with Crippen molar-refractivity contribution in [2.24, 2.45) is 0 Å². The van der Waals surface area contributed by atoms with Gasteiger partial charge < -0.3 is 5.32 Å². The third-order valence-corrected chi connectivity index (χ3v) is 4.57. The van der Waals surface area contributed by atoms with Crippen molar-refractivity contribution in [3.8, 4) is 11.1 Å². The van der Waals surface area contributed by atoms with Crippen LogP contribution in [0.5, 0.6) is 0 Å². The van der Waals surface area contributed by atoms with E-state index in [4.69, 9.17) is 11.6 Å². The first-order valence-corrected chi connectivity index (χ1v) is 8.41. The summed E-state index contributed by atoms with van der Waals surface area (Å²) in [5, 5.41) is 10.7. The van der Waals surface area contributed by atoms with Gasteiger partial charge in [-0.3, -0.25) is 5.10 Å². The van der Waals surface area contributed by atoms with Crippen LogP contribution in [0.4, 0.5) is 14.6 Å². The Morgan fingerprint density at radius 3 is 2.46 bits per heavy atom. The second-order valence-electron chi connectivity index (χ2n) is 5.89. The standard InChI is InChI=1S/C20H14ClF2N3/c21-17-15(13-4-2-1-3-5-13)10-16-19(18(17)23)25-26-20(16)24-11-12-6-8-14(22)9-7-12/h1-10H,11H2,(H2,24,25,26). The molecule has 0 spiro atoms. The van der Waals surface area contributed by atoms with Crippen LogP contribution < -0.4 is 5.32 Å². The zero-order chi connectivity index (χ0) is 18.1. The number of aromatic amines is 1. The van der Waals surface area contributed by atoms with E-state index in [-0.39, 0.29) is 16.4 Å². The van der Waals surface area contributed by atoms with E-state index in [0.29, 0.717) is 23.3 Å². The van der Waals surface area contributed by atoms with Crippen LogP contribution in [0, 0.1) is 11.6 Å². The van der Waals surface area contributed by atoms with Gasteiger partial charge in [0.1, 0.15) is 11.3 Å². The Morgan fingerprint density at radius 1 is 1.00 bits per heavy atom. The Labute approximate surface area is 153 Å². The first-order chi connectivity index (χ1) is 12.6. The average Bonchev–Trinajstić information content (AvgIpc) is 3.08. The molecule has 0 bridgehead atoms. The predicted octanol–water partition coefficient (Wildman–Crippen LogP) is 5.77. The van der Waals surface area contributed by atoms with Gasteiger partial charge >= 0.3 is 0 Å². The van der Waals surface area contributed by atoms with Gasteiger partial charge in [0.15, 0.2) is 11.6 Å². The van der Waals surface area contributed by atoms with Crippen LogP contribution in [0.3, 0.4) is 0 Å². The molecular weight excluding hydrogens is 356 g/mol. The average molecular weight is 370 g/mol. The number of nitrogens with zero attached hydrogens (tertiary/aromatic N) is 1. The van der Waals surface area contributed by atoms with Gasteiger partial charge in [-0.25, -0.2) is 8.78 Å². The zero-order valence-corrected chi connectivity index (χ0v) is 14.3.